The zero-order valence-corrected chi connectivity index (χ0v) is 12.0. The normalized spacial score (nSPS) is 14.8. The molecule has 0 aliphatic carbocycles. The zero-order valence-electron chi connectivity index (χ0n) is 11.1. The summed E-state index contributed by atoms with van der Waals surface area (Å²) >= 11 is 1.89. The Morgan fingerprint density at radius 2 is 2.28 bits per heavy atom. The predicted octanol–water partition coefficient (Wildman–Crippen LogP) is 2.38. The summed E-state index contributed by atoms with van der Waals surface area (Å²) in [6.45, 7) is 2.02. The van der Waals surface area contributed by atoms with Crippen molar-refractivity contribution >= 4 is 23.4 Å². The molecule has 1 N–H and O–H groups in total. The number of rotatable bonds is 4. The minimum absolute atomic E-state index is 0.992. The van der Waals surface area contributed by atoms with Crippen molar-refractivity contribution in [3.05, 3.63) is 29.8 Å². The average Bonchev–Trinajstić information content (AvgIpc) is 2.83. The van der Waals surface area contributed by atoms with Crippen LogP contribution in [0.4, 0.5) is 5.69 Å². The Hall–Kier alpha value is -1.16. The molecule has 98 valence electrons. The third-order valence-corrected chi connectivity index (χ3v) is 3.86. The fourth-order valence-electron chi connectivity index (χ4n) is 2.27. The van der Waals surface area contributed by atoms with Gasteiger partial charge in [0.25, 0.3) is 0 Å². The van der Waals surface area contributed by atoms with Gasteiger partial charge in [0.2, 0.25) is 0 Å². The van der Waals surface area contributed by atoms with Crippen molar-refractivity contribution in [3.8, 4) is 0 Å². The van der Waals surface area contributed by atoms with Gasteiger partial charge in [0.15, 0.2) is 5.96 Å². The number of hydrogen-bond acceptors (Lipinski definition) is 2. The Morgan fingerprint density at radius 1 is 1.44 bits per heavy atom. The maximum atomic E-state index is 4.39. The van der Waals surface area contributed by atoms with E-state index < -0.39 is 0 Å². The van der Waals surface area contributed by atoms with Gasteiger partial charge in [0.1, 0.15) is 0 Å². The van der Waals surface area contributed by atoms with Gasteiger partial charge in [-0.05, 0) is 36.5 Å². The van der Waals surface area contributed by atoms with Crippen molar-refractivity contribution < 1.29 is 0 Å². The lowest BCUT2D eigenvalue weighted by Gasteiger charge is -2.22. The molecule has 0 radical (unpaired) electrons. The second kappa shape index (κ2) is 6.69. The molecule has 0 aromatic heterocycles. The van der Waals surface area contributed by atoms with E-state index in [1.165, 1.54) is 23.4 Å². The molecule has 3 nitrogen and oxygen atoms in total. The van der Waals surface area contributed by atoms with Crippen LogP contribution in [0.5, 0.6) is 0 Å². The van der Waals surface area contributed by atoms with Crippen LogP contribution in [0.25, 0.3) is 0 Å². The van der Waals surface area contributed by atoms with Crippen molar-refractivity contribution in [1.29, 1.82) is 0 Å². The molecule has 0 fully saturated rings. The van der Waals surface area contributed by atoms with Crippen LogP contribution in [0.3, 0.4) is 0 Å². The van der Waals surface area contributed by atoms with Crippen LogP contribution in [0, 0.1) is 0 Å². The molecular formula is C14H21N3S. The van der Waals surface area contributed by atoms with Crippen LogP contribution in [-0.4, -0.2) is 38.1 Å². The lowest BCUT2D eigenvalue weighted by Crippen LogP contribution is -2.41. The van der Waals surface area contributed by atoms with Gasteiger partial charge in [-0.15, -0.1) is 0 Å². The van der Waals surface area contributed by atoms with Crippen LogP contribution in [0.1, 0.15) is 12.0 Å². The monoisotopic (exact) mass is 263 g/mol. The number of aliphatic imine (C=N–C) groups is 1. The van der Waals surface area contributed by atoms with E-state index in [1.54, 1.807) is 0 Å². The van der Waals surface area contributed by atoms with Gasteiger partial charge in [0, 0.05) is 25.8 Å². The number of fused-ring (bicyclic) bond motifs is 1. The molecule has 0 amide bonds. The van der Waals surface area contributed by atoms with Gasteiger partial charge in [-0.2, -0.15) is 11.8 Å². The largest absolute Gasteiger partial charge is 0.356 e. The minimum atomic E-state index is 0.992. The Bertz CT molecular complexity index is 417. The van der Waals surface area contributed by atoms with Crippen LogP contribution < -0.4 is 10.2 Å². The number of nitrogens with zero attached hydrogens (tertiary/aromatic N) is 2. The van der Waals surface area contributed by atoms with Crippen molar-refractivity contribution in [3.63, 3.8) is 0 Å². The number of guanidine groups is 1. The second-order valence-corrected chi connectivity index (χ2v) is 5.34. The molecule has 1 aromatic carbocycles. The summed E-state index contributed by atoms with van der Waals surface area (Å²) in [7, 11) is 1.86. The van der Waals surface area contributed by atoms with E-state index in [0.717, 1.165) is 25.5 Å². The molecular weight excluding hydrogens is 242 g/mol. The number of anilines is 1. The maximum Gasteiger partial charge on any atom is 0.198 e. The quantitative estimate of drug-likeness (QED) is 0.513. The van der Waals surface area contributed by atoms with Gasteiger partial charge in [-0.25, -0.2) is 0 Å². The summed E-state index contributed by atoms with van der Waals surface area (Å²) in [4.78, 5) is 6.68. The van der Waals surface area contributed by atoms with Crippen LogP contribution >= 0.6 is 11.8 Å². The van der Waals surface area contributed by atoms with Gasteiger partial charge < -0.3 is 10.2 Å². The van der Waals surface area contributed by atoms with E-state index in [2.05, 4.69) is 45.7 Å². The van der Waals surface area contributed by atoms with E-state index in [4.69, 9.17) is 0 Å². The number of thioether (sulfide) groups is 1. The molecule has 0 saturated heterocycles. The molecule has 0 atom stereocenters. The van der Waals surface area contributed by atoms with Gasteiger partial charge in [0.05, 0.1) is 0 Å². The molecule has 1 aliphatic rings. The number of benzene rings is 1. The summed E-state index contributed by atoms with van der Waals surface area (Å²) in [6.07, 6.45) is 4.43. The molecule has 0 spiro atoms. The summed E-state index contributed by atoms with van der Waals surface area (Å²) in [5.74, 6) is 2.20. The Kier molecular flexibility index (Phi) is 4.93. The Morgan fingerprint density at radius 3 is 3.06 bits per heavy atom. The van der Waals surface area contributed by atoms with E-state index in [0.29, 0.717) is 0 Å². The van der Waals surface area contributed by atoms with Gasteiger partial charge in [-0.3, -0.25) is 4.99 Å². The zero-order chi connectivity index (χ0) is 12.8. The molecule has 0 saturated carbocycles. The van der Waals surface area contributed by atoms with Crippen molar-refractivity contribution in [2.75, 3.05) is 37.0 Å². The SMILES string of the molecule is CN=C(NCCCSC)N1CCc2ccccc21. The van der Waals surface area contributed by atoms with E-state index in [-0.39, 0.29) is 0 Å². The molecule has 4 heteroatoms. The second-order valence-electron chi connectivity index (χ2n) is 4.35. The van der Waals surface area contributed by atoms with Crippen LogP contribution in [0.15, 0.2) is 29.3 Å². The lowest BCUT2D eigenvalue weighted by atomic mass is 10.2. The highest BCUT2D eigenvalue weighted by molar-refractivity contribution is 7.98. The van der Waals surface area contributed by atoms with Crippen molar-refractivity contribution in [2.45, 2.75) is 12.8 Å². The first kappa shape index (κ1) is 13.3. The van der Waals surface area contributed by atoms with Gasteiger partial charge >= 0.3 is 0 Å². The summed E-state index contributed by atoms with van der Waals surface area (Å²) in [5, 5.41) is 3.45. The van der Waals surface area contributed by atoms with Crippen LogP contribution in [-0.2, 0) is 6.42 Å². The number of hydrogen-bond donors (Lipinski definition) is 1. The third-order valence-electron chi connectivity index (χ3n) is 3.16. The smallest absolute Gasteiger partial charge is 0.198 e. The standard InChI is InChI=1S/C14H21N3S/c1-15-14(16-9-5-11-18-2)17-10-8-12-6-3-4-7-13(12)17/h3-4,6-7H,5,8-11H2,1-2H3,(H,15,16). The van der Waals surface area contributed by atoms with Crippen molar-refractivity contribution in [2.24, 2.45) is 4.99 Å². The number of para-hydroxylation sites is 1. The Balaban J connectivity index is 1.98. The molecule has 1 aliphatic heterocycles. The highest BCUT2D eigenvalue weighted by Crippen LogP contribution is 2.27. The predicted molar refractivity (Wildman–Crippen MR) is 81.9 cm³/mol. The summed E-state index contributed by atoms with van der Waals surface area (Å²) < 4.78 is 0. The van der Waals surface area contributed by atoms with E-state index in [9.17, 15) is 0 Å². The molecule has 1 heterocycles. The maximum absolute atomic E-state index is 4.39. The highest BCUT2D eigenvalue weighted by Gasteiger charge is 2.21. The van der Waals surface area contributed by atoms with Gasteiger partial charge in [-0.1, -0.05) is 18.2 Å². The highest BCUT2D eigenvalue weighted by atomic mass is 32.2. The fraction of sp³-hybridized carbons (Fsp3) is 0.500. The van der Waals surface area contributed by atoms with E-state index in [1.807, 2.05) is 18.8 Å². The lowest BCUT2D eigenvalue weighted by molar-refractivity contribution is 0.823. The third kappa shape index (κ3) is 2.99. The average molecular weight is 263 g/mol. The van der Waals surface area contributed by atoms with E-state index >= 15 is 0 Å². The molecule has 1 aromatic rings. The first-order valence-electron chi connectivity index (χ1n) is 6.42. The molecule has 2 rings (SSSR count). The first-order valence-corrected chi connectivity index (χ1v) is 7.81. The Labute approximate surface area is 114 Å². The minimum Gasteiger partial charge on any atom is -0.356 e. The first-order chi connectivity index (χ1) is 8.86. The van der Waals surface area contributed by atoms with Crippen molar-refractivity contribution in [1.82, 2.24) is 5.32 Å². The number of nitrogens with one attached hydrogen (secondary N) is 1. The molecule has 18 heavy (non-hydrogen) atoms. The van der Waals surface area contributed by atoms with Crippen LogP contribution in [0.2, 0.25) is 0 Å². The molecule has 0 bridgehead atoms. The summed E-state index contributed by atoms with van der Waals surface area (Å²) in [5.41, 5.74) is 2.72. The topological polar surface area (TPSA) is 27.6 Å². The fourth-order valence-corrected chi connectivity index (χ4v) is 2.70. The summed E-state index contributed by atoms with van der Waals surface area (Å²) in [6, 6.07) is 8.59. The molecule has 0 unspecified atom stereocenters.